The highest BCUT2D eigenvalue weighted by atomic mass is 16.5. The van der Waals surface area contributed by atoms with E-state index < -0.39 is 0 Å². The molecule has 0 aliphatic heterocycles. The van der Waals surface area contributed by atoms with Gasteiger partial charge in [0.05, 0.1) is 13.3 Å². The van der Waals surface area contributed by atoms with Crippen molar-refractivity contribution < 1.29 is 4.74 Å². The lowest BCUT2D eigenvalue weighted by Crippen LogP contribution is -1.95. The van der Waals surface area contributed by atoms with Crippen molar-refractivity contribution >= 4 is 5.57 Å². The van der Waals surface area contributed by atoms with Crippen LogP contribution < -0.4 is 0 Å². The largest absolute Gasteiger partial charge is 0.496 e. The molecule has 3 heteroatoms. The lowest BCUT2D eigenvalue weighted by molar-refractivity contribution is 0.306. The van der Waals surface area contributed by atoms with E-state index in [4.69, 9.17) is 4.74 Å². The Kier molecular flexibility index (Phi) is 2.39. The summed E-state index contributed by atoms with van der Waals surface area (Å²) < 4.78 is 7.14. The van der Waals surface area contributed by atoms with E-state index in [-0.39, 0.29) is 0 Å². The average Bonchev–Trinajstić information content (AvgIpc) is 2.65. The van der Waals surface area contributed by atoms with Crippen LogP contribution in [-0.2, 0) is 11.8 Å². The lowest BCUT2D eigenvalue weighted by atomic mass is 9.99. The normalized spacial score (nSPS) is 16.1. The highest BCUT2D eigenvalue weighted by molar-refractivity contribution is 5.69. The summed E-state index contributed by atoms with van der Waals surface area (Å²) in [5.74, 6) is 0.962. The van der Waals surface area contributed by atoms with Gasteiger partial charge in [0.1, 0.15) is 5.76 Å². The molecule has 0 N–H and O–H groups in total. The van der Waals surface area contributed by atoms with Crippen LogP contribution in [-0.4, -0.2) is 16.9 Å². The Morgan fingerprint density at radius 1 is 1.50 bits per heavy atom. The highest BCUT2D eigenvalue weighted by Crippen LogP contribution is 2.28. The molecule has 1 aliphatic rings. The zero-order valence-corrected chi connectivity index (χ0v) is 8.53. The second-order valence-electron chi connectivity index (χ2n) is 3.39. The number of aromatic nitrogens is 2. The second-order valence-corrected chi connectivity index (χ2v) is 3.39. The van der Waals surface area contributed by atoms with Gasteiger partial charge in [-0.05, 0) is 18.9 Å². The third kappa shape index (κ3) is 1.58. The standard InChI is InChI=1S/C11H14N2O/c1-13-8-9(7-12-13)10-5-3-4-6-11(10)14-2/h4,6-8H,3,5H2,1-2H3. The van der Waals surface area contributed by atoms with Crippen LogP contribution in [0.2, 0.25) is 0 Å². The molecule has 0 amide bonds. The summed E-state index contributed by atoms with van der Waals surface area (Å²) >= 11 is 0. The minimum absolute atomic E-state index is 0.962. The Morgan fingerprint density at radius 3 is 3.00 bits per heavy atom. The van der Waals surface area contributed by atoms with E-state index in [1.807, 2.05) is 30.2 Å². The number of nitrogens with zero attached hydrogens (tertiary/aromatic N) is 2. The number of allylic oxidation sites excluding steroid dienone is 3. The first-order chi connectivity index (χ1) is 6.81. The predicted octanol–water partition coefficient (Wildman–Crippen LogP) is 2.13. The summed E-state index contributed by atoms with van der Waals surface area (Å²) in [6.07, 6.45) is 10.2. The fourth-order valence-corrected chi connectivity index (χ4v) is 1.70. The smallest absolute Gasteiger partial charge is 0.122 e. The van der Waals surface area contributed by atoms with Crippen molar-refractivity contribution in [2.24, 2.45) is 7.05 Å². The van der Waals surface area contributed by atoms with E-state index in [1.165, 1.54) is 5.57 Å². The number of aryl methyl sites for hydroxylation is 1. The molecule has 1 aromatic rings. The number of hydrogen-bond acceptors (Lipinski definition) is 2. The average molecular weight is 190 g/mol. The lowest BCUT2D eigenvalue weighted by Gasteiger charge is -2.13. The maximum absolute atomic E-state index is 5.32. The van der Waals surface area contributed by atoms with Crippen LogP contribution in [0.4, 0.5) is 0 Å². The number of hydrogen-bond donors (Lipinski definition) is 0. The van der Waals surface area contributed by atoms with Crippen molar-refractivity contribution in [3.05, 3.63) is 35.9 Å². The van der Waals surface area contributed by atoms with Crippen molar-refractivity contribution in [2.45, 2.75) is 12.8 Å². The highest BCUT2D eigenvalue weighted by Gasteiger charge is 2.12. The molecule has 0 spiro atoms. The van der Waals surface area contributed by atoms with E-state index in [0.717, 1.165) is 24.2 Å². The summed E-state index contributed by atoms with van der Waals surface area (Å²) in [5, 5.41) is 4.16. The number of ether oxygens (including phenoxy) is 1. The molecule has 0 unspecified atom stereocenters. The van der Waals surface area contributed by atoms with Gasteiger partial charge in [-0.1, -0.05) is 6.08 Å². The molecule has 0 saturated heterocycles. The Labute approximate surface area is 83.7 Å². The molecule has 0 fully saturated rings. The van der Waals surface area contributed by atoms with Crippen molar-refractivity contribution in [2.75, 3.05) is 7.11 Å². The van der Waals surface area contributed by atoms with Crippen LogP contribution in [0.5, 0.6) is 0 Å². The monoisotopic (exact) mass is 190 g/mol. The van der Waals surface area contributed by atoms with Gasteiger partial charge in [0.15, 0.2) is 0 Å². The fraction of sp³-hybridized carbons (Fsp3) is 0.364. The molecule has 1 aliphatic carbocycles. The van der Waals surface area contributed by atoms with Gasteiger partial charge < -0.3 is 4.74 Å². The summed E-state index contributed by atoms with van der Waals surface area (Å²) in [4.78, 5) is 0. The first-order valence-corrected chi connectivity index (χ1v) is 4.74. The zero-order chi connectivity index (χ0) is 9.97. The summed E-state index contributed by atoms with van der Waals surface area (Å²) in [6, 6.07) is 0. The molecule has 0 saturated carbocycles. The van der Waals surface area contributed by atoms with E-state index in [0.29, 0.717) is 0 Å². The van der Waals surface area contributed by atoms with Gasteiger partial charge in [0.25, 0.3) is 0 Å². The van der Waals surface area contributed by atoms with Gasteiger partial charge in [-0.2, -0.15) is 5.10 Å². The molecule has 1 aromatic heterocycles. The molecule has 0 bridgehead atoms. The molecule has 2 rings (SSSR count). The van der Waals surface area contributed by atoms with Gasteiger partial charge in [0, 0.05) is 24.4 Å². The maximum atomic E-state index is 5.32. The van der Waals surface area contributed by atoms with E-state index >= 15 is 0 Å². The topological polar surface area (TPSA) is 27.1 Å². The Bertz CT molecular complexity index is 388. The third-order valence-corrected chi connectivity index (χ3v) is 2.40. The molecule has 3 nitrogen and oxygen atoms in total. The van der Waals surface area contributed by atoms with Crippen molar-refractivity contribution in [1.82, 2.24) is 9.78 Å². The SMILES string of the molecule is COC1=C(c2cnn(C)c2)CCC=C1. The van der Waals surface area contributed by atoms with Gasteiger partial charge in [0.2, 0.25) is 0 Å². The van der Waals surface area contributed by atoms with Crippen molar-refractivity contribution in [3.8, 4) is 0 Å². The Hall–Kier alpha value is -1.51. The van der Waals surface area contributed by atoms with Gasteiger partial charge in [-0.3, -0.25) is 4.68 Å². The van der Waals surface area contributed by atoms with Gasteiger partial charge >= 0.3 is 0 Å². The fourth-order valence-electron chi connectivity index (χ4n) is 1.70. The molecule has 74 valence electrons. The van der Waals surface area contributed by atoms with E-state index in [2.05, 4.69) is 11.2 Å². The minimum Gasteiger partial charge on any atom is -0.496 e. The van der Waals surface area contributed by atoms with Crippen LogP contribution in [0.3, 0.4) is 0 Å². The van der Waals surface area contributed by atoms with Gasteiger partial charge in [-0.15, -0.1) is 0 Å². The van der Waals surface area contributed by atoms with Crippen LogP contribution >= 0.6 is 0 Å². The third-order valence-electron chi connectivity index (χ3n) is 2.40. The van der Waals surface area contributed by atoms with Gasteiger partial charge in [-0.25, -0.2) is 0 Å². The number of methoxy groups -OCH3 is 1. The molecule has 1 heterocycles. The van der Waals surface area contributed by atoms with Crippen LogP contribution in [0.1, 0.15) is 18.4 Å². The molecule has 14 heavy (non-hydrogen) atoms. The Balaban J connectivity index is 2.40. The molecule has 0 atom stereocenters. The first kappa shape index (κ1) is 9.06. The van der Waals surface area contributed by atoms with E-state index in [9.17, 15) is 0 Å². The number of rotatable bonds is 2. The summed E-state index contributed by atoms with van der Waals surface area (Å²) in [5.41, 5.74) is 2.41. The Morgan fingerprint density at radius 2 is 2.36 bits per heavy atom. The second kappa shape index (κ2) is 3.70. The molecular formula is C11H14N2O. The minimum atomic E-state index is 0.962. The quantitative estimate of drug-likeness (QED) is 0.714. The van der Waals surface area contributed by atoms with Crippen LogP contribution in [0.15, 0.2) is 30.3 Å². The van der Waals surface area contributed by atoms with Crippen molar-refractivity contribution in [3.63, 3.8) is 0 Å². The van der Waals surface area contributed by atoms with Crippen LogP contribution in [0, 0.1) is 0 Å². The maximum Gasteiger partial charge on any atom is 0.122 e. The summed E-state index contributed by atoms with van der Waals surface area (Å²) in [7, 11) is 3.64. The molecule has 0 radical (unpaired) electrons. The summed E-state index contributed by atoms with van der Waals surface area (Å²) in [6.45, 7) is 0. The molecule has 0 aromatic carbocycles. The van der Waals surface area contributed by atoms with E-state index in [1.54, 1.807) is 7.11 Å². The predicted molar refractivity (Wildman–Crippen MR) is 55.5 cm³/mol. The zero-order valence-electron chi connectivity index (χ0n) is 8.53. The molecular weight excluding hydrogens is 176 g/mol. The van der Waals surface area contributed by atoms with Crippen molar-refractivity contribution in [1.29, 1.82) is 0 Å². The van der Waals surface area contributed by atoms with Crippen LogP contribution in [0.25, 0.3) is 5.57 Å². The first-order valence-electron chi connectivity index (χ1n) is 4.74.